The molecule has 0 spiro atoms. The van der Waals surface area contributed by atoms with Crippen LogP contribution < -0.4 is 16.6 Å². The zero-order chi connectivity index (χ0) is 15.9. The minimum atomic E-state index is -0.139. The van der Waals surface area contributed by atoms with Crippen molar-refractivity contribution < 1.29 is 4.79 Å². The maximum absolute atomic E-state index is 12.2. The molecular weight excluding hydrogens is 284 g/mol. The number of thioether (sulfide) groups is 1. The smallest absolute Gasteiger partial charge is 0.251 e. The zero-order valence-corrected chi connectivity index (χ0v) is 14.1. The van der Waals surface area contributed by atoms with E-state index in [0.717, 1.165) is 24.3 Å². The third-order valence-electron chi connectivity index (χ3n) is 3.06. The van der Waals surface area contributed by atoms with Crippen LogP contribution in [0.1, 0.15) is 49.7 Å². The van der Waals surface area contributed by atoms with Crippen molar-refractivity contribution in [3.05, 3.63) is 23.4 Å². The Morgan fingerprint density at radius 2 is 2.05 bits per heavy atom. The molecule has 118 valence electrons. The van der Waals surface area contributed by atoms with Gasteiger partial charge in [-0.1, -0.05) is 20.8 Å². The van der Waals surface area contributed by atoms with Crippen molar-refractivity contribution in [2.24, 2.45) is 5.84 Å². The van der Waals surface area contributed by atoms with E-state index in [1.165, 1.54) is 0 Å². The van der Waals surface area contributed by atoms with E-state index in [4.69, 9.17) is 5.84 Å². The maximum atomic E-state index is 12.2. The van der Waals surface area contributed by atoms with Gasteiger partial charge in [0.15, 0.2) is 0 Å². The summed E-state index contributed by atoms with van der Waals surface area (Å²) in [6.07, 6.45) is 4.19. The highest BCUT2D eigenvalue weighted by Crippen LogP contribution is 2.23. The average Bonchev–Trinajstić information content (AvgIpc) is 2.45. The highest BCUT2D eigenvalue weighted by Gasteiger charge is 2.19. The third-order valence-corrected chi connectivity index (χ3v) is 3.76. The van der Waals surface area contributed by atoms with Crippen LogP contribution in [-0.4, -0.2) is 29.4 Å². The van der Waals surface area contributed by atoms with Gasteiger partial charge in [0.2, 0.25) is 0 Å². The number of anilines is 1. The Kier molecular flexibility index (Phi) is 6.98. The summed E-state index contributed by atoms with van der Waals surface area (Å²) in [6.45, 7) is 6.86. The second kappa shape index (κ2) is 8.24. The minimum absolute atomic E-state index is 0.0800. The van der Waals surface area contributed by atoms with E-state index in [2.05, 4.69) is 42.8 Å². The number of unbranched alkanes of at least 4 members (excludes halogenated alkanes) is 1. The molecule has 0 fully saturated rings. The topological polar surface area (TPSA) is 80.0 Å². The van der Waals surface area contributed by atoms with Crippen LogP contribution in [0.5, 0.6) is 0 Å². The van der Waals surface area contributed by atoms with E-state index in [0.29, 0.717) is 17.9 Å². The van der Waals surface area contributed by atoms with Gasteiger partial charge >= 0.3 is 0 Å². The van der Waals surface area contributed by atoms with Crippen LogP contribution in [-0.2, 0) is 5.41 Å². The Labute approximate surface area is 131 Å². The van der Waals surface area contributed by atoms with E-state index in [9.17, 15) is 4.79 Å². The molecule has 0 aliphatic carbocycles. The van der Waals surface area contributed by atoms with Gasteiger partial charge in [-0.25, -0.2) is 10.8 Å². The predicted molar refractivity (Wildman–Crippen MR) is 90.7 cm³/mol. The van der Waals surface area contributed by atoms with Crippen molar-refractivity contribution in [2.75, 3.05) is 24.0 Å². The van der Waals surface area contributed by atoms with Gasteiger partial charge in [0.25, 0.3) is 5.91 Å². The average molecular weight is 310 g/mol. The quantitative estimate of drug-likeness (QED) is 0.410. The fourth-order valence-electron chi connectivity index (χ4n) is 1.80. The number of aromatic nitrogens is 1. The van der Waals surface area contributed by atoms with Gasteiger partial charge in [-0.3, -0.25) is 4.79 Å². The fourth-order valence-corrected chi connectivity index (χ4v) is 2.29. The number of rotatable bonds is 7. The lowest BCUT2D eigenvalue weighted by molar-refractivity contribution is 0.0953. The molecule has 1 aromatic rings. The van der Waals surface area contributed by atoms with Gasteiger partial charge < -0.3 is 10.7 Å². The Morgan fingerprint density at radius 3 is 2.62 bits per heavy atom. The van der Waals surface area contributed by atoms with E-state index in [-0.39, 0.29) is 11.3 Å². The lowest BCUT2D eigenvalue weighted by atomic mass is 9.90. The monoisotopic (exact) mass is 310 g/mol. The molecule has 0 unspecified atom stereocenters. The number of nitrogens with zero attached hydrogens (tertiary/aromatic N) is 1. The summed E-state index contributed by atoms with van der Waals surface area (Å²) in [4.78, 5) is 16.6. The van der Waals surface area contributed by atoms with Gasteiger partial charge in [0, 0.05) is 23.2 Å². The molecule has 0 aromatic carbocycles. The molecule has 1 heterocycles. The number of carbonyl (C=O) groups excluding carboxylic acids is 1. The van der Waals surface area contributed by atoms with Gasteiger partial charge in [-0.2, -0.15) is 11.8 Å². The van der Waals surface area contributed by atoms with Gasteiger partial charge in [-0.15, -0.1) is 0 Å². The number of pyridine rings is 1. The largest absolute Gasteiger partial charge is 0.352 e. The predicted octanol–water partition coefficient (Wildman–Crippen LogP) is 2.54. The molecule has 21 heavy (non-hydrogen) atoms. The highest BCUT2D eigenvalue weighted by molar-refractivity contribution is 7.98. The summed E-state index contributed by atoms with van der Waals surface area (Å²) in [5, 5.41) is 2.94. The second-order valence-electron chi connectivity index (χ2n) is 5.98. The minimum Gasteiger partial charge on any atom is -0.352 e. The first kappa shape index (κ1) is 17.8. The van der Waals surface area contributed by atoms with Crippen LogP contribution in [0.4, 0.5) is 5.82 Å². The molecule has 0 bridgehead atoms. The number of amides is 1. The number of hydrogen-bond acceptors (Lipinski definition) is 5. The van der Waals surface area contributed by atoms with Gasteiger partial charge in [-0.05, 0) is 37.0 Å². The third kappa shape index (κ3) is 5.93. The van der Waals surface area contributed by atoms with Crippen LogP contribution in [0.15, 0.2) is 12.1 Å². The molecule has 6 heteroatoms. The van der Waals surface area contributed by atoms with E-state index >= 15 is 0 Å². The molecule has 1 rings (SSSR count). The summed E-state index contributed by atoms with van der Waals surface area (Å²) >= 11 is 1.82. The lowest BCUT2D eigenvalue weighted by Gasteiger charge is -2.19. The first-order valence-electron chi connectivity index (χ1n) is 7.15. The molecule has 0 saturated heterocycles. The molecule has 0 saturated carbocycles. The second-order valence-corrected chi connectivity index (χ2v) is 6.96. The highest BCUT2D eigenvalue weighted by atomic mass is 32.2. The number of carbonyl (C=O) groups is 1. The van der Waals surface area contributed by atoms with Gasteiger partial charge in [0.1, 0.15) is 5.82 Å². The molecular formula is C15H26N4OS. The van der Waals surface area contributed by atoms with E-state index in [1.54, 1.807) is 6.07 Å². The van der Waals surface area contributed by atoms with Crippen LogP contribution in [0, 0.1) is 0 Å². The molecule has 0 atom stereocenters. The number of nitrogens with one attached hydrogen (secondary N) is 2. The summed E-state index contributed by atoms with van der Waals surface area (Å²) in [5.74, 6) is 6.99. The molecule has 1 amide bonds. The standard InChI is InChI=1S/C15H26N4OS/c1-15(2,3)12-9-11(10-13(18-12)19-16)14(20)17-7-5-6-8-21-4/h9-10H,5-8,16H2,1-4H3,(H,17,20)(H,18,19). The van der Waals surface area contributed by atoms with E-state index in [1.807, 2.05) is 17.8 Å². The maximum Gasteiger partial charge on any atom is 0.251 e. The summed E-state index contributed by atoms with van der Waals surface area (Å²) < 4.78 is 0. The zero-order valence-electron chi connectivity index (χ0n) is 13.3. The van der Waals surface area contributed by atoms with Gasteiger partial charge in [0.05, 0.1) is 0 Å². The van der Waals surface area contributed by atoms with Crippen molar-refractivity contribution in [2.45, 2.75) is 39.0 Å². The number of hydrogen-bond donors (Lipinski definition) is 3. The Bertz CT molecular complexity index is 471. The van der Waals surface area contributed by atoms with Crippen molar-refractivity contribution in [3.8, 4) is 0 Å². The number of nitrogens with two attached hydrogens (primary N) is 1. The molecule has 4 N–H and O–H groups in total. The van der Waals surface area contributed by atoms with Crippen molar-refractivity contribution in [1.82, 2.24) is 10.3 Å². The summed E-state index contributed by atoms with van der Waals surface area (Å²) in [5.41, 5.74) is 3.82. The molecule has 0 radical (unpaired) electrons. The Morgan fingerprint density at radius 1 is 1.33 bits per heavy atom. The summed E-state index contributed by atoms with van der Waals surface area (Å²) in [6, 6.07) is 3.50. The Hall–Kier alpha value is -1.27. The SMILES string of the molecule is CSCCCCNC(=O)c1cc(NN)nc(C(C)(C)C)c1. The number of hydrazine groups is 1. The number of nitrogen functional groups attached to an aromatic ring is 1. The summed E-state index contributed by atoms with van der Waals surface area (Å²) in [7, 11) is 0. The van der Waals surface area contributed by atoms with Crippen LogP contribution in [0.2, 0.25) is 0 Å². The molecule has 1 aromatic heterocycles. The van der Waals surface area contributed by atoms with Crippen molar-refractivity contribution in [1.29, 1.82) is 0 Å². The Balaban J connectivity index is 2.74. The van der Waals surface area contributed by atoms with Crippen LogP contribution in [0.3, 0.4) is 0 Å². The first-order valence-corrected chi connectivity index (χ1v) is 8.54. The van der Waals surface area contributed by atoms with Crippen LogP contribution in [0.25, 0.3) is 0 Å². The van der Waals surface area contributed by atoms with Crippen molar-refractivity contribution in [3.63, 3.8) is 0 Å². The first-order chi connectivity index (χ1) is 9.88. The van der Waals surface area contributed by atoms with Crippen molar-refractivity contribution >= 4 is 23.5 Å². The molecule has 0 aliphatic rings. The lowest BCUT2D eigenvalue weighted by Crippen LogP contribution is -2.26. The van der Waals surface area contributed by atoms with E-state index < -0.39 is 0 Å². The fraction of sp³-hybridized carbons (Fsp3) is 0.600. The molecule has 0 aliphatic heterocycles. The van der Waals surface area contributed by atoms with Crippen LogP contribution >= 0.6 is 11.8 Å². The normalized spacial score (nSPS) is 11.3. The molecule has 5 nitrogen and oxygen atoms in total.